The molecular formula is C16H15F4NO6. The van der Waals surface area contributed by atoms with Crippen molar-refractivity contribution in [1.29, 1.82) is 5.26 Å². The Morgan fingerprint density at radius 1 is 1.00 bits per heavy atom. The molecule has 1 aromatic rings. The number of alkyl halides is 4. The maximum Gasteiger partial charge on any atom is 0.387 e. The van der Waals surface area contributed by atoms with E-state index < -0.39 is 54.9 Å². The Kier molecular flexibility index (Phi) is 7.83. The number of halogens is 4. The SMILES string of the molecule is N#CC(CCC(=O)O)(CCC(=O)O)c1ccc(OC(F)F)c(OC(F)F)c1. The van der Waals surface area contributed by atoms with E-state index in [4.69, 9.17) is 10.2 Å². The van der Waals surface area contributed by atoms with Gasteiger partial charge in [-0.25, -0.2) is 0 Å². The molecule has 0 atom stereocenters. The molecule has 11 heteroatoms. The molecule has 0 radical (unpaired) electrons. The molecule has 0 fully saturated rings. The molecule has 148 valence electrons. The van der Waals surface area contributed by atoms with E-state index in [0.717, 1.165) is 18.2 Å². The molecule has 0 heterocycles. The number of carboxylic acid groups (broad SMARTS) is 2. The van der Waals surface area contributed by atoms with Crippen LogP contribution in [-0.4, -0.2) is 35.4 Å². The summed E-state index contributed by atoms with van der Waals surface area (Å²) in [5, 5.41) is 27.3. The van der Waals surface area contributed by atoms with Crippen LogP contribution in [0.3, 0.4) is 0 Å². The van der Waals surface area contributed by atoms with E-state index in [2.05, 4.69) is 9.47 Å². The molecule has 0 amide bonds. The first kappa shape index (κ1) is 22.0. The first-order valence-corrected chi connectivity index (χ1v) is 7.48. The summed E-state index contributed by atoms with van der Waals surface area (Å²) in [6.07, 6.45) is -1.66. The lowest BCUT2D eigenvalue weighted by Crippen LogP contribution is -2.27. The average Bonchev–Trinajstić information content (AvgIpc) is 2.56. The van der Waals surface area contributed by atoms with E-state index in [0.29, 0.717) is 0 Å². The van der Waals surface area contributed by atoms with Crippen LogP contribution >= 0.6 is 0 Å². The topological polar surface area (TPSA) is 117 Å². The lowest BCUT2D eigenvalue weighted by Gasteiger charge is -2.27. The van der Waals surface area contributed by atoms with Crippen molar-refractivity contribution in [2.24, 2.45) is 0 Å². The van der Waals surface area contributed by atoms with Crippen molar-refractivity contribution in [3.63, 3.8) is 0 Å². The van der Waals surface area contributed by atoms with E-state index in [9.17, 15) is 32.4 Å². The normalized spacial score (nSPS) is 11.3. The van der Waals surface area contributed by atoms with Crippen molar-refractivity contribution in [3.05, 3.63) is 23.8 Å². The summed E-state index contributed by atoms with van der Waals surface area (Å²) < 4.78 is 58.2. The molecule has 0 saturated carbocycles. The number of hydrogen-bond donors (Lipinski definition) is 2. The predicted octanol–water partition coefficient (Wildman–Crippen LogP) is 3.38. The number of nitriles is 1. The average molecular weight is 393 g/mol. The zero-order valence-electron chi connectivity index (χ0n) is 13.7. The Hall–Kier alpha value is -3.03. The summed E-state index contributed by atoms with van der Waals surface area (Å²) in [6, 6.07) is 4.64. The number of ether oxygens (including phenoxy) is 2. The van der Waals surface area contributed by atoms with Crippen molar-refractivity contribution in [2.45, 2.75) is 44.3 Å². The summed E-state index contributed by atoms with van der Waals surface area (Å²) in [4.78, 5) is 21.7. The van der Waals surface area contributed by atoms with Crippen molar-refractivity contribution in [2.75, 3.05) is 0 Å². The van der Waals surface area contributed by atoms with Gasteiger partial charge in [0.05, 0.1) is 11.5 Å². The van der Waals surface area contributed by atoms with E-state index in [1.165, 1.54) is 0 Å². The van der Waals surface area contributed by atoms with Crippen molar-refractivity contribution in [1.82, 2.24) is 0 Å². The largest absolute Gasteiger partial charge is 0.481 e. The van der Waals surface area contributed by atoms with Gasteiger partial charge in [0.2, 0.25) is 0 Å². The molecule has 0 saturated heterocycles. The minimum absolute atomic E-state index is 0.0511. The Morgan fingerprint density at radius 3 is 1.89 bits per heavy atom. The highest BCUT2D eigenvalue weighted by Crippen LogP contribution is 2.39. The van der Waals surface area contributed by atoms with Gasteiger partial charge in [0.1, 0.15) is 0 Å². The summed E-state index contributed by atoms with van der Waals surface area (Å²) in [5.74, 6) is -4.01. The van der Waals surface area contributed by atoms with Crippen LogP contribution in [0.2, 0.25) is 0 Å². The first-order chi connectivity index (χ1) is 12.6. The van der Waals surface area contributed by atoms with Gasteiger partial charge in [0.25, 0.3) is 0 Å². The molecule has 27 heavy (non-hydrogen) atoms. The van der Waals surface area contributed by atoms with Crippen molar-refractivity contribution in [3.8, 4) is 17.6 Å². The van der Waals surface area contributed by atoms with E-state index in [-0.39, 0.29) is 18.4 Å². The van der Waals surface area contributed by atoms with Crippen LogP contribution in [0.1, 0.15) is 31.2 Å². The van der Waals surface area contributed by atoms with E-state index in [1.807, 2.05) is 6.07 Å². The Balaban J connectivity index is 3.39. The van der Waals surface area contributed by atoms with Gasteiger partial charge in [-0.15, -0.1) is 0 Å². The van der Waals surface area contributed by atoms with Crippen LogP contribution in [-0.2, 0) is 15.0 Å². The monoisotopic (exact) mass is 393 g/mol. The highest BCUT2D eigenvalue weighted by Gasteiger charge is 2.35. The number of rotatable bonds is 11. The van der Waals surface area contributed by atoms with Gasteiger partial charge in [0.15, 0.2) is 11.5 Å². The molecule has 0 bridgehead atoms. The number of hydrogen-bond acceptors (Lipinski definition) is 5. The van der Waals surface area contributed by atoms with E-state index >= 15 is 0 Å². The molecule has 0 spiro atoms. The second-order valence-corrected chi connectivity index (χ2v) is 5.40. The molecule has 2 N–H and O–H groups in total. The Bertz CT molecular complexity index is 701. The number of aliphatic carboxylic acids is 2. The van der Waals surface area contributed by atoms with E-state index in [1.54, 1.807) is 0 Å². The fourth-order valence-corrected chi connectivity index (χ4v) is 2.42. The second-order valence-electron chi connectivity index (χ2n) is 5.40. The molecule has 0 aromatic heterocycles. The molecule has 0 unspecified atom stereocenters. The Labute approximate surface area is 150 Å². The van der Waals surface area contributed by atoms with Crippen LogP contribution in [0.25, 0.3) is 0 Å². The fraction of sp³-hybridized carbons (Fsp3) is 0.438. The third kappa shape index (κ3) is 6.65. The fourth-order valence-electron chi connectivity index (χ4n) is 2.42. The summed E-state index contributed by atoms with van der Waals surface area (Å²) in [6.45, 7) is -6.70. The number of benzene rings is 1. The van der Waals surface area contributed by atoms with Gasteiger partial charge in [0, 0.05) is 12.8 Å². The van der Waals surface area contributed by atoms with Gasteiger partial charge in [-0.2, -0.15) is 22.8 Å². The minimum Gasteiger partial charge on any atom is -0.481 e. The molecule has 7 nitrogen and oxygen atoms in total. The van der Waals surface area contributed by atoms with Gasteiger partial charge >= 0.3 is 25.2 Å². The van der Waals surface area contributed by atoms with Gasteiger partial charge in [-0.05, 0) is 30.5 Å². The minimum atomic E-state index is -3.38. The third-order valence-electron chi connectivity index (χ3n) is 3.67. The summed E-state index contributed by atoms with van der Waals surface area (Å²) in [5.41, 5.74) is -1.72. The highest BCUT2D eigenvalue weighted by molar-refractivity contribution is 5.68. The second kappa shape index (κ2) is 9.61. The smallest absolute Gasteiger partial charge is 0.387 e. The lowest BCUT2D eigenvalue weighted by atomic mass is 9.74. The van der Waals surface area contributed by atoms with Crippen molar-refractivity contribution >= 4 is 11.9 Å². The van der Waals surface area contributed by atoms with Crippen LogP contribution in [0, 0.1) is 11.3 Å². The molecular weight excluding hydrogens is 378 g/mol. The maximum atomic E-state index is 12.6. The molecule has 0 aliphatic heterocycles. The third-order valence-corrected chi connectivity index (χ3v) is 3.67. The van der Waals surface area contributed by atoms with Crippen LogP contribution in [0.5, 0.6) is 11.5 Å². The quantitative estimate of drug-likeness (QED) is 0.554. The number of nitrogens with zero attached hydrogens (tertiary/aromatic N) is 1. The van der Waals surface area contributed by atoms with Gasteiger partial charge < -0.3 is 19.7 Å². The van der Waals surface area contributed by atoms with Gasteiger partial charge in [-0.3, -0.25) is 9.59 Å². The number of carboxylic acids is 2. The van der Waals surface area contributed by atoms with Gasteiger partial charge in [-0.1, -0.05) is 6.07 Å². The lowest BCUT2D eigenvalue weighted by molar-refractivity contribution is -0.137. The standard InChI is InChI=1S/C16H15F4NO6/c17-14(18)26-10-2-1-9(7-11(10)27-15(19)20)16(8-21,5-3-12(22)23)6-4-13(24)25/h1-2,7,14-15H,3-6H2,(H,22,23)(H,24,25). The molecule has 0 aliphatic rings. The molecule has 0 aliphatic carbocycles. The van der Waals surface area contributed by atoms with Crippen LogP contribution < -0.4 is 9.47 Å². The molecule has 1 aromatic carbocycles. The van der Waals surface area contributed by atoms with Crippen LogP contribution in [0.4, 0.5) is 17.6 Å². The highest BCUT2D eigenvalue weighted by atomic mass is 19.3. The number of carbonyl (C=O) groups is 2. The Morgan fingerprint density at radius 2 is 1.48 bits per heavy atom. The summed E-state index contributed by atoms with van der Waals surface area (Å²) >= 11 is 0. The first-order valence-electron chi connectivity index (χ1n) is 7.48. The predicted molar refractivity (Wildman–Crippen MR) is 80.7 cm³/mol. The maximum absolute atomic E-state index is 12.6. The zero-order chi connectivity index (χ0) is 20.6. The van der Waals surface area contributed by atoms with Crippen LogP contribution in [0.15, 0.2) is 18.2 Å². The zero-order valence-corrected chi connectivity index (χ0v) is 13.7. The molecule has 1 rings (SSSR count). The summed E-state index contributed by atoms with van der Waals surface area (Å²) in [7, 11) is 0. The van der Waals surface area contributed by atoms with Crippen molar-refractivity contribution < 1.29 is 46.8 Å².